The fourth-order valence-electron chi connectivity index (χ4n) is 4.90. The van der Waals surface area contributed by atoms with Gasteiger partial charge in [0.25, 0.3) is 0 Å². The number of hydrogen-bond donors (Lipinski definition) is 2. The lowest BCUT2D eigenvalue weighted by molar-refractivity contribution is -0.127. The Morgan fingerprint density at radius 3 is 2.76 bits per heavy atom. The molecule has 4 unspecified atom stereocenters. The molecule has 2 saturated carbocycles. The third-order valence-electron chi connectivity index (χ3n) is 6.41. The summed E-state index contributed by atoms with van der Waals surface area (Å²) in [5.74, 6) is 2.19. The molecule has 1 aromatic rings. The Morgan fingerprint density at radius 1 is 1.28 bits per heavy atom. The summed E-state index contributed by atoms with van der Waals surface area (Å²) in [6.07, 6.45) is 5.34. The highest BCUT2D eigenvalue weighted by Crippen LogP contribution is 2.47. The molecule has 3 N–H and O–H groups in total. The standard InChI is InChI=1S/C19H29N5O/c1-23-7-9-24(10-8-23)18-15(3-2-6-21-18)12-22-19(25)16-13-4-5-14(11-13)17(16)20/h2-3,6,13-14,16-17H,4-5,7-12,20H2,1H3,(H,22,25). The minimum atomic E-state index is 0.00232. The van der Waals surface area contributed by atoms with Crippen LogP contribution < -0.4 is 16.0 Å². The molecule has 3 fully saturated rings. The Labute approximate surface area is 149 Å². The van der Waals surface area contributed by atoms with Crippen molar-refractivity contribution >= 4 is 11.7 Å². The predicted octanol–water partition coefficient (Wildman–Crippen LogP) is 0.823. The summed E-state index contributed by atoms with van der Waals surface area (Å²) in [5, 5.41) is 3.15. The summed E-state index contributed by atoms with van der Waals surface area (Å²) < 4.78 is 0. The minimum Gasteiger partial charge on any atom is -0.354 e. The van der Waals surface area contributed by atoms with Gasteiger partial charge in [-0.3, -0.25) is 4.79 Å². The molecule has 6 heteroatoms. The van der Waals surface area contributed by atoms with E-state index in [1.165, 1.54) is 6.42 Å². The van der Waals surface area contributed by atoms with Crippen LogP contribution in [0.3, 0.4) is 0 Å². The molecule has 0 aromatic carbocycles. The van der Waals surface area contributed by atoms with E-state index >= 15 is 0 Å². The van der Waals surface area contributed by atoms with Crippen LogP contribution >= 0.6 is 0 Å². The Balaban J connectivity index is 1.40. The van der Waals surface area contributed by atoms with Crippen LogP contribution in [-0.4, -0.2) is 55.1 Å². The molecule has 6 nitrogen and oxygen atoms in total. The molecule has 3 aliphatic rings. The number of aromatic nitrogens is 1. The molecule has 4 rings (SSSR count). The van der Waals surface area contributed by atoms with Gasteiger partial charge >= 0.3 is 0 Å². The molecule has 1 aliphatic heterocycles. The highest BCUT2D eigenvalue weighted by molar-refractivity contribution is 5.80. The van der Waals surface area contributed by atoms with Crippen molar-refractivity contribution in [1.29, 1.82) is 0 Å². The topological polar surface area (TPSA) is 74.5 Å². The first-order valence-corrected chi connectivity index (χ1v) is 9.54. The number of rotatable bonds is 4. The van der Waals surface area contributed by atoms with Crippen LogP contribution in [0.2, 0.25) is 0 Å². The van der Waals surface area contributed by atoms with Crippen molar-refractivity contribution < 1.29 is 4.79 Å². The molecule has 1 aromatic heterocycles. The average molecular weight is 343 g/mol. The van der Waals surface area contributed by atoms with Crippen LogP contribution in [0.1, 0.15) is 24.8 Å². The van der Waals surface area contributed by atoms with Gasteiger partial charge in [0.1, 0.15) is 5.82 Å². The van der Waals surface area contributed by atoms with Gasteiger partial charge in [-0.05, 0) is 44.2 Å². The first-order chi connectivity index (χ1) is 12.1. The number of piperazine rings is 1. The van der Waals surface area contributed by atoms with Crippen molar-refractivity contribution in [3.8, 4) is 0 Å². The van der Waals surface area contributed by atoms with Gasteiger partial charge in [0.15, 0.2) is 0 Å². The predicted molar refractivity (Wildman–Crippen MR) is 98.1 cm³/mol. The van der Waals surface area contributed by atoms with Gasteiger partial charge in [-0.2, -0.15) is 0 Å². The quantitative estimate of drug-likeness (QED) is 0.847. The molecule has 1 saturated heterocycles. The number of anilines is 1. The fourth-order valence-corrected chi connectivity index (χ4v) is 4.90. The van der Waals surface area contributed by atoms with E-state index in [0.717, 1.165) is 50.4 Å². The number of carbonyl (C=O) groups is 1. The first-order valence-electron chi connectivity index (χ1n) is 9.54. The number of nitrogens with zero attached hydrogens (tertiary/aromatic N) is 3. The number of likely N-dealkylation sites (N-methyl/N-ethyl adjacent to an activating group) is 1. The number of nitrogens with two attached hydrogens (primary N) is 1. The van der Waals surface area contributed by atoms with Crippen LogP contribution in [0.15, 0.2) is 18.3 Å². The van der Waals surface area contributed by atoms with Crippen LogP contribution in [0, 0.1) is 17.8 Å². The van der Waals surface area contributed by atoms with Crippen molar-refractivity contribution in [3.63, 3.8) is 0 Å². The normalized spacial score (nSPS) is 32.2. The Morgan fingerprint density at radius 2 is 2.04 bits per heavy atom. The Hall–Kier alpha value is -1.66. The van der Waals surface area contributed by atoms with E-state index in [1.807, 2.05) is 12.3 Å². The Bertz CT molecular complexity index is 626. The molecule has 4 atom stereocenters. The van der Waals surface area contributed by atoms with E-state index in [-0.39, 0.29) is 17.9 Å². The maximum Gasteiger partial charge on any atom is 0.225 e. The van der Waals surface area contributed by atoms with Crippen molar-refractivity contribution in [2.75, 3.05) is 38.1 Å². The monoisotopic (exact) mass is 343 g/mol. The number of amides is 1. The van der Waals surface area contributed by atoms with Gasteiger partial charge in [0.05, 0.1) is 5.92 Å². The van der Waals surface area contributed by atoms with E-state index in [1.54, 1.807) is 0 Å². The van der Waals surface area contributed by atoms with Crippen LogP contribution in [0.4, 0.5) is 5.82 Å². The lowest BCUT2D eigenvalue weighted by Gasteiger charge is -2.34. The number of hydrogen-bond acceptors (Lipinski definition) is 5. The fraction of sp³-hybridized carbons (Fsp3) is 0.684. The van der Waals surface area contributed by atoms with E-state index in [0.29, 0.717) is 18.4 Å². The molecule has 136 valence electrons. The highest BCUT2D eigenvalue weighted by atomic mass is 16.1. The lowest BCUT2D eigenvalue weighted by atomic mass is 9.84. The van der Waals surface area contributed by atoms with Crippen molar-refractivity contribution in [2.24, 2.45) is 23.5 Å². The molecule has 2 aliphatic carbocycles. The van der Waals surface area contributed by atoms with Gasteiger partial charge < -0.3 is 20.9 Å². The van der Waals surface area contributed by atoms with E-state index in [9.17, 15) is 4.79 Å². The SMILES string of the molecule is CN1CCN(c2ncccc2CNC(=O)C2C3CCC(C3)C2N)CC1. The molecular weight excluding hydrogens is 314 g/mol. The summed E-state index contributed by atoms with van der Waals surface area (Å²) in [5.41, 5.74) is 7.40. The van der Waals surface area contributed by atoms with Gasteiger partial charge in [-0.15, -0.1) is 0 Å². The zero-order valence-electron chi connectivity index (χ0n) is 15.0. The summed E-state index contributed by atoms with van der Waals surface area (Å²) in [7, 11) is 2.15. The second-order valence-corrected chi connectivity index (χ2v) is 7.93. The molecule has 2 bridgehead atoms. The van der Waals surface area contributed by atoms with Crippen molar-refractivity contribution in [3.05, 3.63) is 23.9 Å². The summed E-state index contributed by atoms with van der Waals surface area (Å²) in [6.45, 7) is 4.58. The third-order valence-corrected chi connectivity index (χ3v) is 6.41. The zero-order chi connectivity index (χ0) is 17.4. The second-order valence-electron chi connectivity index (χ2n) is 7.93. The van der Waals surface area contributed by atoms with Crippen LogP contribution in [-0.2, 0) is 11.3 Å². The molecule has 1 amide bonds. The van der Waals surface area contributed by atoms with Crippen LogP contribution in [0.5, 0.6) is 0 Å². The van der Waals surface area contributed by atoms with Crippen LogP contribution in [0.25, 0.3) is 0 Å². The van der Waals surface area contributed by atoms with Crippen molar-refractivity contribution in [1.82, 2.24) is 15.2 Å². The van der Waals surface area contributed by atoms with Gasteiger partial charge in [0, 0.05) is 50.5 Å². The number of carbonyl (C=O) groups excluding carboxylic acids is 1. The maximum atomic E-state index is 12.7. The first kappa shape index (κ1) is 16.8. The smallest absolute Gasteiger partial charge is 0.225 e. The summed E-state index contributed by atoms with van der Waals surface area (Å²) >= 11 is 0. The van der Waals surface area contributed by atoms with Gasteiger partial charge in [-0.1, -0.05) is 6.07 Å². The molecule has 0 radical (unpaired) electrons. The highest BCUT2D eigenvalue weighted by Gasteiger charge is 2.48. The molecule has 25 heavy (non-hydrogen) atoms. The Kier molecular flexibility index (Phi) is 4.65. The molecular formula is C19H29N5O. The van der Waals surface area contributed by atoms with Gasteiger partial charge in [0.2, 0.25) is 5.91 Å². The summed E-state index contributed by atoms with van der Waals surface area (Å²) in [6, 6.07) is 4.07. The largest absolute Gasteiger partial charge is 0.354 e. The van der Waals surface area contributed by atoms with Gasteiger partial charge in [-0.25, -0.2) is 4.98 Å². The number of fused-ring (bicyclic) bond motifs is 2. The average Bonchev–Trinajstić information content (AvgIpc) is 3.22. The van der Waals surface area contributed by atoms with E-state index in [2.05, 4.69) is 33.2 Å². The van der Waals surface area contributed by atoms with E-state index in [4.69, 9.17) is 5.73 Å². The summed E-state index contributed by atoms with van der Waals surface area (Å²) in [4.78, 5) is 22.0. The maximum absolute atomic E-state index is 12.7. The molecule has 2 heterocycles. The zero-order valence-corrected chi connectivity index (χ0v) is 15.0. The third kappa shape index (κ3) is 3.25. The number of pyridine rings is 1. The van der Waals surface area contributed by atoms with E-state index < -0.39 is 0 Å². The number of nitrogens with one attached hydrogen (secondary N) is 1. The second kappa shape index (κ2) is 6.92. The minimum absolute atomic E-state index is 0.00232. The lowest BCUT2D eigenvalue weighted by Crippen LogP contribution is -2.46. The molecule has 0 spiro atoms. The van der Waals surface area contributed by atoms with Crippen molar-refractivity contribution in [2.45, 2.75) is 31.8 Å².